The van der Waals surface area contributed by atoms with Gasteiger partial charge in [0.25, 0.3) is 0 Å². The summed E-state index contributed by atoms with van der Waals surface area (Å²) in [6.07, 6.45) is 0. The van der Waals surface area contributed by atoms with Crippen molar-refractivity contribution < 1.29 is 4.74 Å². The van der Waals surface area contributed by atoms with E-state index in [1.54, 1.807) is 7.11 Å². The summed E-state index contributed by atoms with van der Waals surface area (Å²) in [6, 6.07) is 18.9. The van der Waals surface area contributed by atoms with Gasteiger partial charge in [-0.3, -0.25) is 9.80 Å². The summed E-state index contributed by atoms with van der Waals surface area (Å²) in [5.74, 6) is 1.85. The number of methoxy groups -OCH3 is 1. The SMILES string of the molecule is COc1ccccc1CN1CCN(C(c2ccccc2)c2nnnn2C(C)(C)C)CC1. The number of nitrogens with zero attached hydrogens (tertiary/aromatic N) is 6. The molecule has 7 nitrogen and oxygen atoms in total. The molecule has 2 aromatic carbocycles. The van der Waals surface area contributed by atoms with Gasteiger partial charge in [-0.15, -0.1) is 5.10 Å². The van der Waals surface area contributed by atoms with Crippen LogP contribution < -0.4 is 4.74 Å². The van der Waals surface area contributed by atoms with Crippen LogP contribution in [0.15, 0.2) is 54.6 Å². The molecule has 4 rings (SSSR count). The highest BCUT2D eigenvalue weighted by molar-refractivity contribution is 5.33. The predicted octanol–water partition coefficient (Wildman–Crippen LogP) is 3.34. The Hall–Kier alpha value is -2.77. The number of ether oxygens (including phenoxy) is 1. The topological polar surface area (TPSA) is 59.3 Å². The fourth-order valence-corrected chi connectivity index (χ4v) is 4.25. The number of benzene rings is 2. The average Bonchev–Trinajstić information content (AvgIpc) is 3.26. The van der Waals surface area contributed by atoms with E-state index in [0.717, 1.165) is 44.3 Å². The number of hydrogen-bond donors (Lipinski definition) is 0. The van der Waals surface area contributed by atoms with Crippen molar-refractivity contribution in [3.8, 4) is 5.75 Å². The van der Waals surface area contributed by atoms with Gasteiger partial charge in [0.1, 0.15) is 5.75 Å². The zero-order valence-corrected chi connectivity index (χ0v) is 18.9. The molecular weight excluding hydrogens is 388 g/mol. The molecule has 0 amide bonds. The highest BCUT2D eigenvalue weighted by Gasteiger charge is 2.33. The molecule has 0 spiro atoms. The van der Waals surface area contributed by atoms with E-state index in [1.165, 1.54) is 11.1 Å². The second-order valence-electron chi connectivity index (χ2n) is 9.06. The van der Waals surface area contributed by atoms with E-state index in [9.17, 15) is 0 Å². The number of rotatable bonds is 6. The summed E-state index contributed by atoms with van der Waals surface area (Å²) >= 11 is 0. The zero-order valence-electron chi connectivity index (χ0n) is 18.9. The van der Waals surface area contributed by atoms with E-state index >= 15 is 0 Å². The molecule has 2 heterocycles. The maximum absolute atomic E-state index is 5.54. The van der Waals surface area contributed by atoms with Crippen LogP contribution in [0, 0.1) is 0 Å². The highest BCUT2D eigenvalue weighted by Crippen LogP contribution is 2.30. The zero-order chi connectivity index (χ0) is 21.8. The van der Waals surface area contributed by atoms with Crippen molar-refractivity contribution >= 4 is 0 Å². The Labute approximate surface area is 184 Å². The van der Waals surface area contributed by atoms with E-state index in [-0.39, 0.29) is 11.6 Å². The van der Waals surface area contributed by atoms with Crippen molar-refractivity contribution in [3.63, 3.8) is 0 Å². The molecule has 1 aliphatic heterocycles. The number of piperazine rings is 1. The first kappa shape index (κ1) is 21.5. The highest BCUT2D eigenvalue weighted by atomic mass is 16.5. The van der Waals surface area contributed by atoms with E-state index in [0.29, 0.717) is 0 Å². The van der Waals surface area contributed by atoms with Crippen molar-refractivity contribution in [2.24, 2.45) is 0 Å². The minimum atomic E-state index is -0.183. The lowest BCUT2D eigenvalue weighted by atomic mass is 10.0. The van der Waals surface area contributed by atoms with E-state index in [1.807, 2.05) is 16.8 Å². The van der Waals surface area contributed by atoms with Gasteiger partial charge >= 0.3 is 0 Å². The van der Waals surface area contributed by atoms with Crippen molar-refractivity contribution in [1.29, 1.82) is 0 Å². The molecule has 7 heteroatoms. The smallest absolute Gasteiger partial charge is 0.173 e. The normalized spacial score (nSPS) is 16.9. The predicted molar refractivity (Wildman–Crippen MR) is 121 cm³/mol. The Morgan fingerprint density at radius 2 is 1.61 bits per heavy atom. The number of aromatic nitrogens is 4. The van der Waals surface area contributed by atoms with Crippen LogP contribution in [0.5, 0.6) is 5.75 Å². The van der Waals surface area contributed by atoms with E-state index in [4.69, 9.17) is 4.74 Å². The molecule has 1 atom stereocenters. The molecule has 0 saturated carbocycles. The van der Waals surface area contributed by atoms with Gasteiger partial charge in [0.05, 0.1) is 18.7 Å². The molecule has 0 radical (unpaired) electrons. The molecule has 1 aromatic heterocycles. The Morgan fingerprint density at radius 1 is 0.935 bits per heavy atom. The average molecular weight is 421 g/mol. The summed E-state index contributed by atoms with van der Waals surface area (Å²) in [6.45, 7) is 11.2. The van der Waals surface area contributed by atoms with Gasteiger partial charge in [0, 0.05) is 38.3 Å². The van der Waals surface area contributed by atoms with Crippen LogP contribution in [-0.2, 0) is 12.1 Å². The summed E-state index contributed by atoms with van der Waals surface area (Å²) in [5.41, 5.74) is 2.27. The third-order valence-corrected chi connectivity index (χ3v) is 5.85. The van der Waals surface area contributed by atoms with Crippen LogP contribution in [0.1, 0.15) is 43.8 Å². The van der Waals surface area contributed by atoms with Gasteiger partial charge in [-0.1, -0.05) is 48.5 Å². The van der Waals surface area contributed by atoms with Crippen LogP contribution in [0.2, 0.25) is 0 Å². The lowest BCUT2D eigenvalue weighted by Crippen LogP contribution is -2.48. The molecule has 164 valence electrons. The Balaban J connectivity index is 1.54. The number of tetrazole rings is 1. The lowest BCUT2D eigenvalue weighted by Gasteiger charge is -2.39. The molecule has 1 aliphatic rings. The summed E-state index contributed by atoms with van der Waals surface area (Å²) < 4.78 is 7.50. The van der Waals surface area contributed by atoms with Crippen molar-refractivity contribution in [2.75, 3.05) is 33.3 Å². The fraction of sp³-hybridized carbons (Fsp3) is 0.458. The van der Waals surface area contributed by atoms with Crippen LogP contribution in [0.3, 0.4) is 0 Å². The monoisotopic (exact) mass is 420 g/mol. The summed E-state index contributed by atoms with van der Waals surface area (Å²) in [7, 11) is 1.74. The van der Waals surface area contributed by atoms with E-state index in [2.05, 4.69) is 88.6 Å². The van der Waals surface area contributed by atoms with Crippen LogP contribution in [0.4, 0.5) is 0 Å². The summed E-state index contributed by atoms with van der Waals surface area (Å²) in [4.78, 5) is 4.99. The third-order valence-electron chi connectivity index (χ3n) is 5.85. The van der Waals surface area contributed by atoms with Gasteiger partial charge in [-0.2, -0.15) is 0 Å². The molecule has 1 fully saturated rings. The van der Waals surface area contributed by atoms with Crippen LogP contribution >= 0.6 is 0 Å². The largest absolute Gasteiger partial charge is 0.496 e. The van der Waals surface area contributed by atoms with Crippen molar-refractivity contribution in [2.45, 2.75) is 38.9 Å². The Kier molecular flexibility index (Phi) is 6.34. The van der Waals surface area contributed by atoms with Crippen LogP contribution in [-0.4, -0.2) is 63.3 Å². The molecular formula is C24H32N6O. The fourth-order valence-electron chi connectivity index (χ4n) is 4.25. The molecule has 1 unspecified atom stereocenters. The third kappa shape index (κ3) is 4.78. The molecule has 1 saturated heterocycles. The minimum Gasteiger partial charge on any atom is -0.496 e. The lowest BCUT2D eigenvalue weighted by molar-refractivity contribution is 0.0974. The Bertz CT molecular complexity index is 973. The quantitative estimate of drug-likeness (QED) is 0.610. The second-order valence-corrected chi connectivity index (χ2v) is 9.06. The first-order chi connectivity index (χ1) is 15.0. The van der Waals surface area contributed by atoms with Gasteiger partial charge in [-0.05, 0) is 42.8 Å². The molecule has 3 aromatic rings. The van der Waals surface area contributed by atoms with E-state index < -0.39 is 0 Å². The molecule has 0 N–H and O–H groups in total. The van der Waals surface area contributed by atoms with Gasteiger partial charge in [0.15, 0.2) is 5.82 Å². The van der Waals surface area contributed by atoms with Gasteiger partial charge < -0.3 is 4.74 Å². The van der Waals surface area contributed by atoms with Crippen LogP contribution in [0.25, 0.3) is 0 Å². The summed E-state index contributed by atoms with van der Waals surface area (Å²) in [5, 5.41) is 12.8. The van der Waals surface area contributed by atoms with Crippen molar-refractivity contribution in [3.05, 3.63) is 71.5 Å². The molecule has 31 heavy (non-hydrogen) atoms. The standard InChI is InChI=1S/C24H32N6O/c1-24(2,3)30-23(25-26-27-30)22(19-10-6-5-7-11-19)29-16-14-28(15-17-29)18-20-12-8-9-13-21(20)31-4/h5-13,22H,14-18H2,1-4H3. The first-order valence-corrected chi connectivity index (χ1v) is 10.9. The Morgan fingerprint density at radius 3 is 2.29 bits per heavy atom. The van der Waals surface area contributed by atoms with Crippen molar-refractivity contribution in [1.82, 2.24) is 30.0 Å². The minimum absolute atomic E-state index is 0.0313. The number of para-hydroxylation sites is 1. The molecule has 0 aliphatic carbocycles. The first-order valence-electron chi connectivity index (χ1n) is 10.9. The maximum Gasteiger partial charge on any atom is 0.173 e. The maximum atomic E-state index is 5.54. The van der Waals surface area contributed by atoms with Gasteiger partial charge in [0.2, 0.25) is 0 Å². The number of hydrogen-bond acceptors (Lipinski definition) is 6. The second kappa shape index (κ2) is 9.16. The van der Waals surface area contributed by atoms with Gasteiger partial charge in [-0.25, -0.2) is 4.68 Å². The molecule has 0 bridgehead atoms.